The van der Waals surface area contributed by atoms with E-state index < -0.39 is 60.5 Å². The molecule has 0 aliphatic carbocycles. The number of alkyl halides is 3. The second-order valence-electron chi connectivity index (χ2n) is 7.81. The van der Waals surface area contributed by atoms with Gasteiger partial charge in [-0.1, -0.05) is 12.1 Å². The number of aromatic nitrogens is 4. The Morgan fingerprint density at radius 3 is 2.44 bits per heavy atom. The molecule has 14 heteroatoms. The van der Waals surface area contributed by atoms with E-state index >= 15 is 0 Å². The molecule has 0 fully saturated rings. The Labute approximate surface area is 199 Å². The van der Waals surface area contributed by atoms with Crippen molar-refractivity contribution < 1.29 is 37.1 Å². The molecule has 0 saturated carbocycles. The van der Waals surface area contributed by atoms with E-state index in [1.807, 2.05) is 5.32 Å². The molecular weight excluding hydrogens is 488 g/mol. The van der Waals surface area contributed by atoms with Gasteiger partial charge in [-0.05, 0) is 23.8 Å². The summed E-state index contributed by atoms with van der Waals surface area (Å²) in [4.78, 5) is 34.4. The molecule has 4 rings (SSSR count). The third kappa shape index (κ3) is 4.82. The van der Waals surface area contributed by atoms with Gasteiger partial charge >= 0.3 is 12.1 Å². The first-order valence-corrected chi connectivity index (χ1v) is 10.4. The van der Waals surface area contributed by atoms with Crippen molar-refractivity contribution in [2.75, 3.05) is 13.1 Å². The Hall–Kier alpha value is -4.49. The first-order valence-electron chi connectivity index (χ1n) is 10.4. The van der Waals surface area contributed by atoms with Crippen molar-refractivity contribution in [1.82, 2.24) is 30.2 Å². The van der Waals surface area contributed by atoms with Gasteiger partial charge in [0.25, 0.3) is 0 Å². The highest BCUT2D eigenvalue weighted by Gasteiger charge is 2.38. The second-order valence-corrected chi connectivity index (χ2v) is 7.81. The molecule has 0 saturated heterocycles. The lowest BCUT2D eigenvalue weighted by atomic mass is 9.98. The van der Waals surface area contributed by atoms with Gasteiger partial charge in [0.05, 0.1) is 23.8 Å². The average Bonchev–Trinajstić information content (AvgIpc) is 3.36. The number of aliphatic carboxylic acids is 1. The number of carbonyl (C=O) groups is 3. The number of hydrogen-bond acceptors (Lipinski definition) is 5. The van der Waals surface area contributed by atoms with Crippen LogP contribution in [0.4, 0.5) is 17.6 Å². The number of carbonyl (C=O) groups excluding carboxylic acids is 2. The Morgan fingerprint density at radius 1 is 1.03 bits per heavy atom. The van der Waals surface area contributed by atoms with Crippen molar-refractivity contribution in [2.45, 2.75) is 12.7 Å². The molecule has 0 aliphatic heterocycles. The predicted octanol–water partition coefficient (Wildman–Crippen LogP) is 2.06. The van der Waals surface area contributed by atoms with Crippen LogP contribution in [0.25, 0.3) is 32.9 Å². The number of carboxylic acid groups (broad SMARTS) is 1. The SMILES string of the molecule is Cn1ncc2cc(F)c(-c3cccc4c3c(C(F)(F)F)nn4CC(=O)NCC(=O)NCC(=O)O)cc21. The van der Waals surface area contributed by atoms with E-state index in [4.69, 9.17) is 5.11 Å². The smallest absolute Gasteiger partial charge is 0.435 e. The van der Waals surface area contributed by atoms with Crippen LogP contribution in [-0.2, 0) is 34.2 Å². The zero-order valence-corrected chi connectivity index (χ0v) is 18.6. The van der Waals surface area contributed by atoms with Gasteiger partial charge in [0, 0.05) is 23.4 Å². The summed E-state index contributed by atoms with van der Waals surface area (Å²) in [5.74, 6) is -3.68. The summed E-state index contributed by atoms with van der Waals surface area (Å²) in [7, 11) is 1.62. The number of nitrogens with one attached hydrogen (secondary N) is 2. The van der Waals surface area contributed by atoms with Crippen molar-refractivity contribution in [2.24, 2.45) is 7.05 Å². The van der Waals surface area contributed by atoms with Crippen molar-refractivity contribution >= 4 is 39.6 Å². The molecule has 188 valence electrons. The van der Waals surface area contributed by atoms with Gasteiger partial charge in [-0.3, -0.25) is 23.7 Å². The molecule has 10 nitrogen and oxygen atoms in total. The Bertz CT molecular complexity index is 1510. The number of halogens is 4. The summed E-state index contributed by atoms with van der Waals surface area (Å²) in [6, 6.07) is 6.63. The Morgan fingerprint density at radius 2 is 1.75 bits per heavy atom. The first kappa shape index (κ1) is 24.6. The van der Waals surface area contributed by atoms with Crippen LogP contribution in [0.15, 0.2) is 36.5 Å². The van der Waals surface area contributed by atoms with Gasteiger partial charge in [0.2, 0.25) is 11.8 Å². The van der Waals surface area contributed by atoms with Crippen LogP contribution in [0.5, 0.6) is 0 Å². The maximum absolute atomic E-state index is 15.0. The maximum Gasteiger partial charge on any atom is 0.435 e. The number of aryl methyl sites for hydroxylation is 1. The molecule has 0 atom stereocenters. The summed E-state index contributed by atoms with van der Waals surface area (Å²) in [5, 5.41) is 20.5. The van der Waals surface area contributed by atoms with Gasteiger partial charge in [-0.25, -0.2) is 4.39 Å². The van der Waals surface area contributed by atoms with Gasteiger partial charge < -0.3 is 15.7 Å². The van der Waals surface area contributed by atoms with E-state index in [2.05, 4.69) is 15.5 Å². The van der Waals surface area contributed by atoms with Gasteiger partial charge in [0.15, 0.2) is 5.69 Å². The second kappa shape index (κ2) is 9.28. The van der Waals surface area contributed by atoms with E-state index in [-0.39, 0.29) is 16.6 Å². The first-order chi connectivity index (χ1) is 17.0. The monoisotopic (exact) mass is 506 g/mol. The topological polar surface area (TPSA) is 131 Å². The van der Waals surface area contributed by atoms with Gasteiger partial charge in [-0.15, -0.1) is 0 Å². The molecule has 4 aromatic rings. The minimum absolute atomic E-state index is 0.0693. The predicted molar refractivity (Wildman–Crippen MR) is 118 cm³/mol. The standard InChI is InChI=1S/C22H18F4N6O4/c1-31-16-6-13(14(23)5-11(16)7-29-31)12-3-2-4-15-20(12)21(22(24,25)26)30-32(15)10-18(34)27-8-17(33)28-9-19(35)36/h2-7H,8-10H2,1H3,(H,27,34)(H,28,33)(H,35,36). The van der Waals surface area contributed by atoms with Crippen molar-refractivity contribution in [3.8, 4) is 11.1 Å². The molecule has 0 radical (unpaired) electrons. The summed E-state index contributed by atoms with van der Waals surface area (Å²) < 4.78 is 59.1. The van der Waals surface area contributed by atoms with Crippen molar-refractivity contribution in [3.05, 3.63) is 48.0 Å². The number of benzene rings is 2. The fourth-order valence-corrected chi connectivity index (χ4v) is 3.76. The van der Waals surface area contributed by atoms with E-state index in [9.17, 15) is 31.9 Å². The van der Waals surface area contributed by atoms with Crippen LogP contribution in [0.3, 0.4) is 0 Å². The molecule has 2 aromatic carbocycles. The fraction of sp³-hybridized carbons (Fsp3) is 0.227. The summed E-state index contributed by atoms with van der Waals surface area (Å²) in [6.45, 7) is -1.92. The van der Waals surface area contributed by atoms with Crippen molar-refractivity contribution in [3.63, 3.8) is 0 Å². The van der Waals surface area contributed by atoms with Crippen LogP contribution < -0.4 is 10.6 Å². The Balaban J connectivity index is 1.72. The molecule has 0 aliphatic rings. The zero-order chi connectivity index (χ0) is 26.2. The highest BCUT2D eigenvalue weighted by Crippen LogP contribution is 2.40. The number of fused-ring (bicyclic) bond motifs is 2. The molecule has 3 N–H and O–H groups in total. The average molecular weight is 506 g/mol. The van der Waals surface area contributed by atoms with Crippen molar-refractivity contribution in [1.29, 1.82) is 0 Å². The molecule has 2 amide bonds. The number of rotatable bonds is 7. The number of carboxylic acids is 1. The lowest BCUT2D eigenvalue weighted by molar-refractivity contribution is -0.140. The molecule has 0 unspecified atom stereocenters. The van der Waals surface area contributed by atoms with Gasteiger partial charge in [0.1, 0.15) is 18.9 Å². The molecule has 0 spiro atoms. The lowest BCUT2D eigenvalue weighted by Crippen LogP contribution is -2.40. The molecule has 2 heterocycles. The highest BCUT2D eigenvalue weighted by atomic mass is 19.4. The van der Waals surface area contributed by atoms with E-state index in [0.717, 1.165) is 4.68 Å². The number of hydrogen-bond donors (Lipinski definition) is 3. The van der Waals surface area contributed by atoms with Crippen LogP contribution in [0.1, 0.15) is 5.69 Å². The number of amides is 2. The highest BCUT2D eigenvalue weighted by molar-refractivity contribution is 6.00. The van der Waals surface area contributed by atoms with E-state index in [0.29, 0.717) is 10.9 Å². The van der Waals surface area contributed by atoms with Crippen LogP contribution in [0.2, 0.25) is 0 Å². The van der Waals surface area contributed by atoms with E-state index in [1.54, 1.807) is 7.05 Å². The van der Waals surface area contributed by atoms with Crippen LogP contribution in [-0.4, -0.2) is 55.5 Å². The fourth-order valence-electron chi connectivity index (χ4n) is 3.76. The maximum atomic E-state index is 15.0. The summed E-state index contributed by atoms with van der Waals surface area (Å²) >= 11 is 0. The summed E-state index contributed by atoms with van der Waals surface area (Å²) in [6.07, 6.45) is -3.48. The quantitative estimate of drug-likeness (QED) is 0.329. The third-order valence-corrected chi connectivity index (χ3v) is 5.35. The largest absolute Gasteiger partial charge is 0.480 e. The van der Waals surface area contributed by atoms with Crippen LogP contribution >= 0.6 is 0 Å². The lowest BCUT2D eigenvalue weighted by Gasteiger charge is -2.10. The molecule has 0 bridgehead atoms. The van der Waals surface area contributed by atoms with Crippen LogP contribution in [0, 0.1) is 5.82 Å². The number of nitrogens with zero attached hydrogens (tertiary/aromatic N) is 4. The van der Waals surface area contributed by atoms with Gasteiger partial charge in [-0.2, -0.15) is 23.4 Å². The Kier molecular flexibility index (Phi) is 6.35. The molecular formula is C22H18F4N6O4. The normalized spacial score (nSPS) is 11.7. The third-order valence-electron chi connectivity index (χ3n) is 5.35. The molecule has 36 heavy (non-hydrogen) atoms. The minimum Gasteiger partial charge on any atom is -0.480 e. The summed E-state index contributed by atoms with van der Waals surface area (Å²) in [5.41, 5.74) is -1.04. The zero-order valence-electron chi connectivity index (χ0n) is 18.6. The minimum atomic E-state index is -4.92. The van der Waals surface area contributed by atoms with E-state index in [1.165, 1.54) is 41.2 Å². The molecule has 2 aromatic heterocycles.